The lowest BCUT2D eigenvalue weighted by Gasteiger charge is -2.20. The highest BCUT2D eigenvalue weighted by molar-refractivity contribution is 7.09. The molecule has 1 heterocycles. The van der Waals surface area contributed by atoms with Crippen LogP contribution in [0.25, 0.3) is 0 Å². The molecule has 2 N–H and O–H groups in total. The molecule has 2 rings (SSSR count). The number of nitrogens with one attached hydrogen (secondary N) is 2. The summed E-state index contributed by atoms with van der Waals surface area (Å²) < 4.78 is 0. The highest BCUT2D eigenvalue weighted by Gasteiger charge is 2.17. The molecule has 24 heavy (non-hydrogen) atoms. The van der Waals surface area contributed by atoms with E-state index >= 15 is 0 Å². The van der Waals surface area contributed by atoms with E-state index in [0.717, 1.165) is 12.0 Å². The van der Waals surface area contributed by atoms with Crippen LogP contribution in [0.4, 0.5) is 5.69 Å². The van der Waals surface area contributed by atoms with Crippen molar-refractivity contribution in [2.75, 3.05) is 6.54 Å². The van der Waals surface area contributed by atoms with E-state index in [4.69, 9.17) is 0 Å². The summed E-state index contributed by atoms with van der Waals surface area (Å²) >= 11 is 1.67. The number of nitro benzene ring substituents is 1. The number of nitrogens with zero attached hydrogens (tertiary/aromatic N) is 1. The predicted octanol–water partition coefficient (Wildman–Crippen LogP) is 3.05. The summed E-state index contributed by atoms with van der Waals surface area (Å²) in [5, 5.41) is 18.9. The Morgan fingerprint density at radius 2 is 2.08 bits per heavy atom. The minimum absolute atomic E-state index is 0.0502. The number of nitro groups is 1. The molecule has 0 aliphatic carbocycles. The summed E-state index contributed by atoms with van der Waals surface area (Å²) in [7, 11) is 0. The van der Waals surface area contributed by atoms with Crippen molar-refractivity contribution in [2.45, 2.75) is 32.4 Å². The normalized spacial score (nSPS) is 13.2. The Hall–Kier alpha value is -2.25. The first-order valence-electron chi connectivity index (χ1n) is 7.78. The van der Waals surface area contributed by atoms with Crippen LogP contribution in [0.15, 0.2) is 41.8 Å². The van der Waals surface area contributed by atoms with Crippen molar-refractivity contribution in [3.05, 3.63) is 62.3 Å². The maximum absolute atomic E-state index is 12.1. The van der Waals surface area contributed by atoms with Crippen LogP contribution >= 0.6 is 11.3 Å². The summed E-state index contributed by atoms with van der Waals surface area (Å²) in [6, 6.07) is 9.93. The smallest absolute Gasteiger partial charge is 0.269 e. The third-order valence-corrected chi connectivity index (χ3v) is 4.66. The predicted molar refractivity (Wildman–Crippen MR) is 95.1 cm³/mol. The fraction of sp³-hybridized carbons (Fsp3) is 0.353. The van der Waals surface area contributed by atoms with Gasteiger partial charge in [-0.05, 0) is 37.3 Å². The Morgan fingerprint density at radius 1 is 1.29 bits per heavy atom. The van der Waals surface area contributed by atoms with E-state index in [2.05, 4.69) is 10.6 Å². The molecule has 7 heteroatoms. The van der Waals surface area contributed by atoms with Gasteiger partial charge in [0.15, 0.2) is 0 Å². The second-order valence-corrected chi connectivity index (χ2v) is 6.61. The summed E-state index contributed by atoms with van der Waals surface area (Å²) in [5.41, 5.74) is 0.830. The molecular weight excluding hydrogens is 326 g/mol. The van der Waals surface area contributed by atoms with Gasteiger partial charge in [0, 0.05) is 29.6 Å². The average Bonchev–Trinajstić information content (AvgIpc) is 3.08. The summed E-state index contributed by atoms with van der Waals surface area (Å²) in [6.45, 7) is 4.26. The third kappa shape index (κ3) is 5.14. The largest absolute Gasteiger partial charge is 0.354 e. The number of benzene rings is 1. The fourth-order valence-electron chi connectivity index (χ4n) is 2.37. The maximum Gasteiger partial charge on any atom is 0.269 e. The van der Waals surface area contributed by atoms with Gasteiger partial charge < -0.3 is 5.32 Å². The molecule has 6 nitrogen and oxygen atoms in total. The second kappa shape index (κ2) is 8.56. The molecule has 0 saturated carbocycles. The fourth-order valence-corrected chi connectivity index (χ4v) is 3.08. The van der Waals surface area contributed by atoms with Crippen molar-refractivity contribution in [2.24, 2.45) is 0 Å². The van der Waals surface area contributed by atoms with Crippen LogP contribution in [-0.2, 0) is 11.2 Å². The van der Waals surface area contributed by atoms with Gasteiger partial charge in [0.2, 0.25) is 5.91 Å². The number of hydrogen-bond acceptors (Lipinski definition) is 5. The quantitative estimate of drug-likeness (QED) is 0.568. The molecule has 1 amide bonds. The number of amides is 1. The Balaban J connectivity index is 1.83. The van der Waals surface area contributed by atoms with Gasteiger partial charge in [-0.15, -0.1) is 11.3 Å². The van der Waals surface area contributed by atoms with Gasteiger partial charge >= 0.3 is 0 Å². The molecule has 0 saturated heterocycles. The zero-order chi connectivity index (χ0) is 17.5. The lowest BCUT2D eigenvalue weighted by molar-refractivity contribution is -0.384. The number of thiophene rings is 1. The molecule has 0 unspecified atom stereocenters. The van der Waals surface area contributed by atoms with Crippen molar-refractivity contribution in [1.82, 2.24) is 10.6 Å². The molecule has 0 aliphatic heterocycles. The molecule has 0 fully saturated rings. The van der Waals surface area contributed by atoms with E-state index in [1.807, 2.05) is 30.5 Å². The monoisotopic (exact) mass is 347 g/mol. The molecule has 0 bridgehead atoms. The highest BCUT2D eigenvalue weighted by atomic mass is 32.1. The van der Waals surface area contributed by atoms with E-state index in [1.54, 1.807) is 24.3 Å². The van der Waals surface area contributed by atoms with Crippen LogP contribution in [0, 0.1) is 10.1 Å². The molecule has 2 atom stereocenters. The van der Waals surface area contributed by atoms with Crippen LogP contribution in [-0.4, -0.2) is 23.4 Å². The van der Waals surface area contributed by atoms with Gasteiger partial charge in [-0.25, -0.2) is 0 Å². The molecule has 0 spiro atoms. The van der Waals surface area contributed by atoms with E-state index in [9.17, 15) is 14.9 Å². The Morgan fingerprint density at radius 3 is 2.75 bits per heavy atom. The summed E-state index contributed by atoms with van der Waals surface area (Å²) in [6.07, 6.45) is 0.816. The number of carbonyl (C=O) groups excluding carboxylic acids is 1. The van der Waals surface area contributed by atoms with Crippen molar-refractivity contribution in [3.8, 4) is 0 Å². The van der Waals surface area contributed by atoms with E-state index in [1.165, 1.54) is 17.0 Å². The number of hydrogen-bond donors (Lipinski definition) is 2. The van der Waals surface area contributed by atoms with Crippen molar-refractivity contribution in [1.29, 1.82) is 0 Å². The minimum Gasteiger partial charge on any atom is -0.354 e. The molecule has 0 radical (unpaired) electrons. The van der Waals surface area contributed by atoms with Gasteiger partial charge in [-0.2, -0.15) is 0 Å². The van der Waals surface area contributed by atoms with Crippen LogP contribution in [0.5, 0.6) is 0 Å². The van der Waals surface area contributed by atoms with Gasteiger partial charge in [0.05, 0.1) is 11.0 Å². The molecular formula is C17H21N3O3S. The topological polar surface area (TPSA) is 84.3 Å². The van der Waals surface area contributed by atoms with Crippen LogP contribution in [0.1, 0.15) is 30.3 Å². The summed E-state index contributed by atoms with van der Waals surface area (Å²) in [4.78, 5) is 23.8. The first-order valence-corrected chi connectivity index (χ1v) is 8.66. The van der Waals surface area contributed by atoms with E-state index in [-0.39, 0.29) is 23.7 Å². The van der Waals surface area contributed by atoms with Crippen molar-refractivity contribution >= 4 is 22.9 Å². The SMILES string of the molecule is C[C@H](N[C@H](C)C(=O)NCCc1cccs1)c1cccc([N+](=O)[O-])c1. The van der Waals surface area contributed by atoms with Gasteiger partial charge in [-0.3, -0.25) is 20.2 Å². The van der Waals surface area contributed by atoms with E-state index in [0.29, 0.717) is 6.54 Å². The van der Waals surface area contributed by atoms with Crippen molar-refractivity contribution < 1.29 is 9.72 Å². The molecule has 128 valence electrons. The van der Waals surface area contributed by atoms with Gasteiger partial charge in [0.25, 0.3) is 5.69 Å². The van der Waals surface area contributed by atoms with Crippen molar-refractivity contribution in [3.63, 3.8) is 0 Å². The second-order valence-electron chi connectivity index (χ2n) is 5.58. The zero-order valence-corrected chi connectivity index (χ0v) is 14.5. The lowest BCUT2D eigenvalue weighted by Crippen LogP contribution is -2.43. The first kappa shape index (κ1) is 18.1. The van der Waals surface area contributed by atoms with Gasteiger partial charge in [0.1, 0.15) is 0 Å². The molecule has 0 aliphatic rings. The maximum atomic E-state index is 12.1. The number of rotatable bonds is 8. The highest BCUT2D eigenvalue weighted by Crippen LogP contribution is 2.19. The number of carbonyl (C=O) groups is 1. The lowest BCUT2D eigenvalue weighted by atomic mass is 10.1. The summed E-state index contributed by atoms with van der Waals surface area (Å²) in [5.74, 6) is -0.0798. The Bertz CT molecular complexity index is 688. The molecule has 1 aromatic heterocycles. The molecule has 2 aromatic rings. The van der Waals surface area contributed by atoms with Crippen LogP contribution < -0.4 is 10.6 Å². The minimum atomic E-state index is -0.420. The standard InChI is InChI=1S/C17H21N3O3S/c1-12(14-5-3-6-15(11-14)20(22)23)19-13(2)17(21)18-9-8-16-7-4-10-24-16/h3-7,10-13,19H,8-9H2,1-2H3,(H,18,21)/t12-,13+/m0/s1. The van der Waals surface area contributed by atoms with Crippen LogP contribution in [0.3, 0.4) is 0 Å². The Labute approximate surface area is 145 Å². The molecule has 1 aromatic carbocycles. The number of non-ortho nitro benzene ring substituents is 1. The average molecular weight is 347 g/mol. The third-order valence-electron chi connectivity index (χ3n) is 3.73. The zero-order valence-electron chi connectivity index (χ0n) is 13.7. The first-order chi connectivity index (χ1) is 11.5. The van der Waals surface area contributed by atoms with Crippen LogP contribution in [0.2, 0.25) is 0 Å². The van der Waals surface area contributed by atoms with Gasteiger partial charge in [-0.1, -0.05) is 18.2 Å². The van der Waals surface area contributed by atoms with E-state index < -0.39 is 4.92 Å². The Kier molecular flexibility index (Phi) is 6.45.